The van der Waals surface area contributed by atoms with Crippen LogP contribution in [0.3, 0.4) is 0 Å². The number of aryl methyl sites for hydroxylation is 2. The number of hydrogen-bond acceptors (Lipinski definition) is 6. The predicted octanol–water partition coefficient (Wildman–Crippen LogP) is 1.47. The average Bonchev–Trinajstić information content (AvgIpc) is 2.74. The standard InChI is InChI=1S/C13H18N4OS/c1-8-9(2)19-13-11(8)12(15-7-16-13)17-3-4-18-6-10(17)5-14/h7,10H,3-6,14H2,1-2H3. The molecule has 2 N–H and O–H groups in total. The number of ether oxygens (including phenoxy) is 1. The highest BCUT2D eigenvalue weighted by Crippen LogP contribution is 2.35. The molecule has 1 aliphatic heterocycles. The molecule has 0 bridgehead atoms. The van der Waals surface area contributed by atoms with Crippen molar-refractivity contribution in [3.05, 3.63) is 16.8 Å². The van der Waals surface area contributed by atoms with E-state index in [1.165, 1.54) is 15.8 Å². The van der Waals surface area contributed by atoms with Crippen LogP contribution in [0.15, 0.2) is 6.33 Å². The van der Waals surface area contributed by atoms with Gasteiger partial charge in [-0.1, -0.05) is 0 Å². The van der Waals surface area contributed by atoms with Crippen LogP contribution in [0.1, 0.15) is 10.4 Å². The van der Waals surface area contributed by atoms with E-state index in [9.17, 15) is 0 Å². The summed E-state index contributed by atoms with van der Waals surface area (Å²) in [5.41, 5.74) is 7.13. The number of morpholine rings is 1. The molecule has 2 aromatic rings. The normalized spacial score (nSPS) is 20.2. The van der Waals surface area contributed by atoms with Crippen LogP contribution in [-0.4, -0.2) is 42.3 Å². The van der Waals surface area contributed by atoms with E-state index in [4.69, 9.17) is 10.5 Å². The van der Waals surface area contributed by atoms with Crippen molar-refractivity contribution in [2.24, 2.45) is 5.73 Å². The minimum Gasteiger partial charge on any atom is -0.377 e. The maximum atomic E-state index is 5.86. The third kappa shape index (κ3) is 2.09. The first-order chi connectivity index (χ1) is 9.22. The average molecular weight is 278 g/mol. The van der Waals surface area contributed by atoms with Gasteiger partial charge in [-0.3, -0.25) is 0 Å². The summed E-state index contributed by atoms with van der Waals surface area (Å²) in [5, 5.41) is 1.17. The molecule has 1 atom stereocenters. The molecular formula is C13H18N4OS. The third-order valence-electron chi connectivity index (χ3n) is 3.72. The topological polar surface area (TPSA) is 64.3 Å². The van der Waals surface area contributed by atoms with Crippen LogP contribution >= 0.6 is 11.3 Å². The van der Waals surface area contributed by atoms with Gasteiger partial charge in [-0.25, -0.2) is 9.97 Å². The molecule has 6 heteroatoms. The van der Waals surface area contributed by atoms with Crippen LogP contribution in [0.25, 0.3) is 10.2 Å². The van der Waals surface area contributed by atoms with Gasteiger partial charge < -0.3 is 15.4 Å². The van der Waals surface area contributed by atoms with Gasteiger partial charge in [0.25, 0.3) is 0 Å². The summed E-state index contributed by atoms with van der Waals surface area (Å²) in [6.07, 6.45) is 1.65. The minimum absolute atomic E-state index is 0.200. The van der Waals surface area contributed by atoms with Crippen molar-refractivity contribution in [1.29, 1.82) is 0 Å². The van der Waals surface area contributed by atoms with Gasteiger partial charge in [0.1, 0.15) is 17.0 Å². The van der Waals surface area contributed by atoms with Crippen LogP contribution in [0.4, 0.5) is 5.82 Å². The van der Waals surface area contributed by atoms with Crippen molar-refractivity contribution in [2.75, 3.05) is 31.2 Å². The molecule has 0 spiro atoms. The number of thiophene rings is 1. The molecule has 0 aromatic carbocycles. The fraction of sp³-hybridized carbons (Fsp3) is 0.538. The lowest BCUT2D eigenvalue weighted by Crippen LogP contribution is -2.50. The molecule has 1 fully saturated rings. The van der Waals surface area contributed by atoms with Crippen molar-refractivity contribution in [3.8, 4) is 0 Å². The van der Waals surface area contributed by atoms with Crippen molar-refractivity contribution >= 4 is 27.4 Å². The number of nitrogens with zero attached hydrogens (tertiary/aromatic N) is 3. The van der Waals surface area contributed by atoms with Gasteiger partial charge >= 0.3 is 0 Å². The van der Waals surface area contributed by atoms with E-state index in [1.807, 2.05) is 0 Å². The minimum atomic E-state index is 0.200. The fourth-order valence-electron chi connectivity index (χ4n) is 2.51. The molecule has 1 aliphatic rings. The Labute approximate surface area is 116 Å². The number of aromatic nitrogens is 2. The summed E-state index contributed by atoms with van der Waals surface area (Å²) >= 11 is 1.73. The molecule has 3 heterocycles. The van der Waals surface area contributed by atoms with E-state index in [0.717, 1.165) is 23.8 Å². The molecule has 1 saturated heterocycles. The lowest BCUT2D eigenvalue weighted by molar-refractivity contribution is 0.0960. The second-order valence-electron chi connectivity index (χ2n) is 4.82. The molecule has 5 nitrogen and oxygen atoms in total. The zero-order valence-electron chi connectivity index (χ0n) is 11.2. The first-order valence-corrected chi connectivity index (χ1v) is 7.29. The highest BCUT2D eigenvalue weighted by atomic mass is 32.1. The summed E-state index contributed by atoms with van der Waals surface area (Å²) < 4.78 is 5.51. The summed E-state index contributed by atoms with van der Waals surface area (Å²) in [5.74, 6) is 1.01. The second-order valence-corrected chi connectivity index (χ2v) is 6.02. The van der Waals surface area contributed by atoms with Gasteiger partial charge in [-0.2, -0.15) is 0 Å². The lowest BCUT2D eigenvalue weighted by atomic mass is 10.1. The van der Waals surface area contributed by atoms with Gasteiger partial charge in [0.05, 0.1) is 24.6 Å². The van der Waals surface area contributed by atoms with E-state index in [0.29, 0.717) is 13.2 Å². The van der Waals surface area contributed by atoms with Crippen LogP contribution < -0.4 is 10.6 Å². The molecule has 2 aromatic heterocycles. The molecule has 1 unspecified atom stereocenters. The lowest BCUT2D eigenvalue weighted by Gasteiger charge is -2.36. The SMILES string of the molecule is Cc1sc2ncnc(N3CCOCC3CN)c2c1C. The first-order valence-electron chi connectivity index (χ1n) is 6.47. The van der Waals surface area contributed by atoms with Crippen molar-refractivity contribution in [3.63, 3.8) is 0 Å². The number of nitrogens with two attached hydrogens (primary N) is 1. The number of fused-ring (bicyclic) bond motifs is 1. The van der Waals surface area contributed by atoms with E-state index in [2.05, 4.69) is 28.7 Å². The molecule has 3 rings (SSSR count). The second kappa shape index (κ2) is 5.03. The Morgan fingerprint density at radius 2 is 2.32 bits per heavy atom. The zero-order valence-corrected chi connectivity index (χ0v) is 12.0. The monoisotopic (exact) mass is 278 g/mol. The van der Waals surface area contributed by atoms with E-state index in [-0.39, 0.29) is 6.04 Å². The Bertz CT molecular complexity index is 598. The molecule has 0 amide bonds. The van der Waals surface area contributed by atoms with E-state index in [1.54, 1.807) is 17.7 Å². The number of anilines is 1. The largest absolute Gasteiger partial charge is 0.377 e. The summed E-state index contributed by atoms with van der Waals surface area (Å²) in [6.45, 7) is 7.08. The Morgan fingerprint density at radius 1 is 1.47 bits per heavy atom. The fourth-order valence-corrected chi connectivity index (χ4v) is 3.50. The molecule has 0 saturated carbocycles. The van der Waals surface area contributed by atoms with Crippen molar-refractivity contribution < 1.29 is 4.74 Å². The predicted molar refractivity (Wildman–Crippen MR) is 77.9 cm³/mol. The quantitative estimate of drug-likeness (QED) is 0.901. The highest BCUT2D eigenvalue weighted by Gasteiger charge is 2.26. The van der Waals surface area contributed by atoms with E-state index < -0.39 is 0 Å². The van der Waals surface area contributed by atoms with Crippen LogP contribution in [-0.2, 0) is 4.74 Å². The van der Waals surface area contributed by atoms with Crippen LogP contribution in [0.5, 0.6) is 0 Å². The van der Waals surface area contributed by atoms with Gasteiger partial charge in [-0.05, 0) is 19.4 Å². The molecular weight excluding hydrogens is 260 g/mol. The maximum absolute atomic E-state index is 5.86. The summed E-state index contributed by atoms with van der Waals surface area (Å²) in [6, 6.07) is 0.200. The molecule has 102 valence electrons. The Kier molecular flexibility index (Phi) is 3.38. The molecule has 0 aliphatic carbocycles. The molecule has 19 heavy (non-hydrogen) atoms. The van der Waals surface area contributed by atoms with Crippen molar-refractivity contribution in [2.45, 2.75) is 19.9 Å². The zero-order chi connectivity index (χ0) is 13.4. The van der Waals surface area contributed by atoms with Gasteiger partial charge in [0.2, 0.25) is 0 Å². The highest BCUT2D eigenvalue weighted by molar-refractivity contribution is 7.18. The van der Waals surface area contributed by atoms with Gasteiger partial charge in [0, 0.05) is 18.0 Å². The number of rotatable bonds is 2. The van der Waals surface area contributed by atoms with Crippen LogP contribution in [0.2, 0.25) is 0 Å². The van der Waals surface area contributed by atoms with Crippen molar-refractivity contribution in [1.82, 2.24) is 9.97 Å². The first kappa shape index (κ1) is 12.8. The Balaban J connectivity index is 2.13. The summed E-state index contributed by atoms with van der Waals surface area (Å²) in [4.78, 5) is 13.5. The third-order valence-corrected chi connectivity index (χ3v) is 4.83. The van der Waals surface area contributed by atoms with E-state index >= 15 is 0 Å². The van der Waals surface area contributed by atoms with Gasteiger partial charge in [0.15, 0.2) is 0 Å². The number of hydrogen-bond donors (Lipinski definition) is 1. The smallest absolute Gasteiger partial charge is 0.141 e. The maximum Gasteiger partial charge on any atom is 0.141 e. The van der Waals surface area contributed by atoms with Crippen LogP contribution in [0, 0.1) is 13.8 Å². The Morgan fingerprint density at radius 3 is 3.11 bits per heavy atom. The summed E-state index contributed by atoms with van der Waals surface area (Å²) in [7, 11) is 0. The molecule has 0 radical (unpaired) electrons. The Hall–Kier alpha value is -1.24. The van der Waals surface area contributed by atoms with Gasteiger partial charge in [-0.15, -0.1) is 11.3 Å².